The average Bonchev–Trinajstić information content (AvgIpc) is 3.08. The summed E-state index contributed by atoms with van der Waals surface area (Å²) in [6, 6.07) is 5.57. The van der Waals surface area contributed by atoms with Gasteiger partial charge in [-0.05, 0) is 44.0 Å². The van der Waals surface area contributed by atoms with Crippen molar-refractivity contribution in [3.8, 4) is 0 Å². The van der Waals surface area contributed by atoms with Gasteiger partial charge in [-0.1, -0.05) is 0 Å². The maximum absolute atomic E-state index is 12.1. The predicted octanol–water partition coefficient (Wildman–Crippen LogP) is 2.41. The Morgan fingerprint density at radius 3 is 2.77 bits per heavy atom. The Hall–Kier alpha value is -2.63. The second kappa shape index (κ2) is 5.63. The lowest BCUT2D eigenvalue weighted by atomic mass is 10.1. The molecule has 2 N–H and O–H groups in total. The van der Waals surface area contributed by atoms with Gasteiger partial charge in [-0.25, -0.2) is 4.98 Å². The molecule has 2 heterocycles. The number of nitrogens with one attached hydrogen (secondary N) is 2. The number of anilines is 2. The van der Waals surface area contributed by atoms with Crippen molar-refractivity contribution in [2.24, 2.45) is 0 Å². The topological polar surface area (TPSA) is 78.1 Å². The molecule has 3 rings (SSSR count). The van der Waals surface area contributed by atoms with E-state index in [0.29, 0.717) is 17.8 Å². The molecule has 0 atom stereocenters. The minimum Gasteiger partial charge on any atom is -0.348 e. The number of imidazole rings is 1. The first-order valence-electron chi connectivity index (χ1n) is 7.28. The van der Waals surface area contributed by atoms with Crippen molar-refractivity contribution in [1.29, 1.82) is 0 Å². The molecule has 1 fully saturated rings. The SMILES string of the molecule is Cc1cc(NC(=O)c2nc[nH]c2C)ccc1N1CCCC1=O. The Morgan fingerprint density at radius 1 is 1.36 bits per heavy atom. The van der Waals surface area contributed by atoms with Crippen LogP contribution in [0.5, 0.6) is 0 Å². The van der Waals surface area contributed by atoms with Crippen LogP contribution in [0, 0.1) is 13.8 Å². The second-order valence-electron chi connectivity index (χ2n) is 5.48. The molecule has 0 unspecified atom stereocenters. The number of amides is 2. The molecular formula is C16H18N4O2. The van der Waals surface area contributed by atoms with Crippen LogP contribution in [-0.2, 0) is 4.79 Å². The third-order valence-electron chi connectivity index (χ3n) is 3.86. The smallest absolute Gasteiger partial charge is 0.276 e. The number of hydrogen-bond acceptors (Lipinski definition) is 3. The molecule has 0 saturated carbocycles. The average molecular weight is 298 g/mol. The van der Waals surface area contributed by atoms with Crippen LogP contribution in [0.4, 0.5) is 11.4 Å². The standard InChI is InChI=1S/C16H18N4O2/c1-10-8-12(19-16(22)15-11(2)17-9-18-15)5-6-13(10)20-7-3-4-14(20)21/h5-6,8-9H,3-4,7H2,1-2H3,(H,17,18)(H,19,22). The van der Waals surface area contributed by atoms with E-state index < -0.39 is 0 Å². The summed E-state index contributed by atoms with van der Waals surface area (Å²) in [6.07, 6.45) is 3.00. The molecule has 6 nitrogen and oxygen atoms in total. The van der Waals surface area contributed by atoms with E-state index in [1.165, 1.54) is 6.33 Å². The van der Waals surface area contributed by atoms with E-state index in [-0.39, 0.29) is 11.8 Å². The zero-order chi connectivity index (χ0) is 15.7. The van der Waals surface area contributed by atoms with Gasteiger partial charge >= 0.3 is 0 Å². The Kier molecular flexibility index (Phi) is 3.66. The van der Waals surface area contributed by atoms with Gasteiger partial charge in [-0.3, -0.25) is 9.59 Å². The number of rotatable bonds is 3. The van der Waals surface area contributed by atoms with Gasteiger partial charge in [0.1, 0.15) is 5.69 Å². The van der Waals surface area contributed by atoms with Crippen LogP contribution in [-0.4, -0.2) is 28.3 Å². The summed E-state index contributed by atoms with van der Waals surface area (Å²) in [4.78, 5) is 32.7. The first kappa shape index (κ1) is 14.3. The fourth-order valence-electron chi connectivity index (χ4n) is 2.72. The van der Waals surface area contributed by atoms with E-state index in [1.807, 2.05) is 25.1 Å². The molecule has 0 radical (unpaired) electrons. The fourth-order valence-corrected chi connectivity index (χ4v) is 2.72. The van der Waals surface area contributed by atoms with E-state index in [0.717, 1.165) is 29.9 Å². The lowest BCUT2D eigenvalue weighted by Crippen LogP contribution is -2.24. The van der Waals surface area contributed by atoms with E-state index in [4.69, 9.17) is 0 Å². The summed E-state index contributed by atoms with van der Waals surface area (Å²) in [7, 11) is 0. The van der Waals surface area contributed by atoms with Crippen LogP contribution in [0.2, 0.25) is 0 Å². The number of aromatic amines is 1. The lowest BCUT2D eigenvalue weighted by Gasteiger charge is -2.19. The number of carbonyl (C=O) groups excluding carboxylic acids is 2. The van der Waals surface area contributed by atoms with Crippen LogP contribution in [0.3, 0.4) is 0 Å². The number of nitrogens with zero attached hydrogens (tertiary/aromatic N) is 2. The van der Waals surface area contributed by atoms with Gasteiger partial charge in [0.15, 0.2) is 0 Å². The van der Waals surface area contributed by atoms with Crippen molar-refractivity contribution in [3.63, 3.8) is 0 Å². The maximum atomic E-state index is 12.1. The van der Waals surface area contributed by atoms with Crippen LogP contribution in [0.1, 0.15) is 34.6 Å². The summed E-state index contributed by atoms with van der Waals surface area (Å²) >= 11 is 0. The molecule has 2 amide bonds. The van der Waals surface area contributed by atoms with Crippen molar-refractivity contribution >= 4 is 23.2 Å². The van der Waals surface area contributed by atoms with Crippen LogP contribution in [0.25, 0.3) is 0 Å². The van der Waals surface area contributed by atoms with Crippen LogP contribution >= 0.6 is 0 Å². The van der Waals surface area contributed by atoms with Crippen molar-refractivity contribution in [2.75, 3.05) is 16.8 Å². The van der Waals surface area contributed by atoms with Gasteiger partial charge in [0.25, 0.3) is 5.91 Å². The number of aryl methyl sites for hydroxylation is 2. The minimum absolute atomic E-state index is 0.159. The highest BCUT2D eigenvalue weighted by Crippen LogP contribution is 2.27. The fraction of sp³-hybridized carbons (Fsp3) is 0.312. The molecule has 1 aromatic heterocycles. The van der Waals surface area contributed by atoms with Gasteiger partial charge < -0.3 is 15.2 Å². The molecule has 22 heavy (non-hydrogen) atoms. The largest absolute Gasteiger partial charge is 0.348 e. The normalized spacial score (nSPS) is 14.5. The Morgan fingerprint density at radius 2 is 2.18 bits per heavy atom. The highest BCUT2D eigenvalue weighted by molar-refractivity contribution is 6.04. The third-order valence-corrected chi connectivity index (χ3v) is 3.86. The molecule has 1 aliphatic rings. The Bertz CT molecular complexity index is 735. The van der Waals surface area contributed by atoms with E-state index in [9.17, 15) is 9.59 Å². The molecule has 0 bridgehead atoms. The van der Waals surface area contributed by atoms with Gasteiger partial charge in [-0.2, -0.15) is 0 Å². The lowest BCUT2D eigenvalue weighted by molar-refractivity contribution is -0.117. The zero-order valence-electron chi connectivity index (χ0n) is 12.6. The second-order valence-corrected chi connectivity index (χ2v) is 5.48. The number of carbonyl (C=O) groups is 2. The highest BCUT2D eigenvalue weighted by Gasteiger charge is 2.23. The molecule has 1 aliphatic heterocycles. The Balaban J connectivity index is 1.79. The third kappa shape index (κ3) is 2.59. The number of aromatic nitrogens is 2. The number of benzene rings is 1. The van der Waals surface area contributed by atoms with E-state index in [2.05, 4.69) is 15.3 Å². The molecule has 114 valence electrons. The van der Waals surface area contributed by atoms with E-state index >= 15 is 0 Å². The Labute approximate surface area is 128 Å². The van der Waals surface area contributed by atoms with Crippen molar-refractivity contribution < 1.29 is 9.59 Å². The summed E-state index contributed by atoms with van der Waals surface area (Å²) in [5.74, 6) is -0.0878. The number of H-pyrrole nitrogens is 1. The van der Waals surface area contributed by atoms with Gasteiger partial charge in [0.05, 0.1) is 6.33 Å². The summed E-state index contributed by atoms with van der Waals surface area (Å²) in [5.41, 5.74) is 3.69. The molecular weight excluding hydrogens is 280 g/mol. The molecule has 1 saturated heterocycles. The molecule has 0 aliphatic carbocycles. The quantitative estimate of drug-likeness (QED) is 0.913. The zero-order valence-corrected chi connectivity index (χ0v) is 12.6. The molecule has 6 heteroatoms. The predicted molar refractivity (Wildman–Crippen MR) is 84.0 cm³/mol. The van der Waals surface area contributed by atoms with Crippen molar-refractivity contribution in [3.05, 3.63) is 41.5 Å². The van der Waals surface area contributed by atoms with E-state index in [1.54, 1.807) is 11.8 Å². The monoisotopic (exact) mass is 298 g/mol. The highest BCUT2D eigenvalue weighted by atomic mass is 16.2. The summed E-state index contributed by atoms with van der Waals surface area (Å²) in [6.45, 7) is 4.50. The van der Waals surface area contributed by atoms with Crippen molar-refractivity contribution in [2.45, 2.75) is 26.7 Å². The number of hydrogen-bond donors (Lipinski definition) is 2. The molecule has 0 spiro atoms. The molecule has 2 aromatic rings. The van der Waals surface area contributed by atoms with Gasteiger partial charge in [0.2, 0.25) is 5.91 Å². The molecule has 1 aromatic carbocycles. The van der Waals surface area contributed by atoms with Gasteiger partial charge in [-0.15, -0.1) is 0 Å². The first-order valence-corrected chi connectivity index (χ1v) is 7.28. The summed E-state index contributed by atoms with van der Waals surface area (Å²) < 4.78 is 0. The van der Waals surface area contributed by atoms with Crippen LogP contribution in [0.15, 0.2) is 24.5 Å². The first-order chi connectivity index (χ1) is 10.6. The summed E-state index contributed by atoms with van der Waals surface area (Å²) in [5, 5.41) is 2.83. The minimum atomic E-state index is -0.247. The van der Waals surface area contributed by atoms with Crippen molar-refractivity contribution in [1.82, 2.24) is 9.97 Å². The maximum Gasteiger partial charge on any atom is 0.276 e. The van der Waals surface area contributed by atoms with Gasteiger partial charge in [0, 0.05) is 30.0 Å². The van der Waals surface area contributed by atoms with Crippen LogP contribution < -0.4 is 10.2 Å².